The molecule has 8 rings (SSSR count). The quantitative estimate of drug-likeness (QED) is 0.134. The third kappa shape index (κ3) is 6.02. The Morgan fingerprint density at radius 2 is 0.964 bits per heavy atom. The summed E-state index contributed by atoms with van der Waals surface area (Å²) in [5, 5.41) is 0. The van der Waals surface area contributed by atoms with Crippen molar-refractivity contribution >= 4 is 39.2 Å². The molecule has 0 N–H and O–H groups in total. The van der Waals surface area contributed by atoms with Crippen LogP contribution in [0.4, 0.5) is 5.69 Å². The molecule has 2 aliphatic rings. The number of aryl methyl sites for hydroxylation is 1. The molecule has 2 heterocycles. The third-order valence-corrected chi connectivity index (χ3v) is 12.1. The minimum absolute atomic E-state index is 0.0424. The molecule has 56 heavy (non-hydrogen) atoms. The molecular weight excluding hydrogens is 729 g/mol. The van der Waals surface area contributed by atoms with Gasteiger partial charge in [-0.1, -0.05) is 67.9 Å². The van der Waals surface area contributed by atoms with Crippen molar-refractivity contribution in [2.24, 2.45) is 0 Å². The first-order valence-corrected chi connectivity index (χ1v) is 19.2. The zero-order valence-electron chi connectivity index (χ0n) is 30.8. The lowest BCUT2D eigenvalue weighted by Gasteiger charge is -2.26. The lowest BCUT2D eigenvalue weighted by molar-refractivity contribution is 0.0691. The average molecular weight is 763 g/mol. The lowest BCUT2D eigenvalue weighted by atomic mass is 9.78. The van der Waals surface area contributed by atoms with Crippen LogP contribution in [-0.4, -0.2) is 44.0 Å². The number of ether oxygens (including phenoxy) is 2. The van der Waals surface area contributed by atoms with Gasteiger partial charge in [0, 0.05) is 12.5 Å². The largest absolute Gasteiger partial charge is 0.457 e. The molecule has 0 aromatic heterocycles. The molecule has 0 saturated carbocycles. The first-order chi connectivity index (χ1) is 26.8. The van der Waals surface area contributed by atoms with Gasteiger partial charge in [-0.3, -0.25) is 24.1 Å². The minimum atomic E-state index is -3.80. The molecule has 0 saturated heterocycles. The maximum Gasteiger partial charge on any atom is 0.269 e. The first-order valence-electron chi connectivity index (χ1n) is 17.7. The number of imide groups is 2. The van der Waals surface area contributed by atoms with Crippen LogP contribution in [0, 0.1) is 6.92 Å². The van der Waals surface area contributed by atoms with Crippen molar-refractivity contribution in [3.63, 3.8) is 0 Å². The van der Waals surface area contributed by atoms with Crippen LogP contribution < -0.4 is 14.4 Å². The molecule has 4 amide bonds. The summed E-state index contributed by atoms with van der Waals surface area (Å²) in [4.78, 5) is 54.7. The number of hydrogen-bond donors (Lipinski definition) is 0. The fraction of sp³-hybridized carbons (Fsp3) is 0.111. The Morgan fingerprint density at radius 3 is 1.46 bits per heavy atom. The summed E-state index contributed by atoms with van der Waals surface area (Å²) in [6, 6.07) is 37.0. The van der Waals surface area contributed by atoms with Crippen molar-refractivity contribution in [3.8, 4) is 23.0 Å². The predicted molar refractivity (Wildman–Crippen MR) is 209 cm³/mol. The molecule has 0 unspecified atom stereocenters. The number of sulfone groups is 1. The predicted octanol–water partition coefficient (Wildman–Crippen LogP) is 8.76. The van der Waals surface area contributed by atoms with Crippen molar-refractivity contribution in [1.82, 2.24) is 4.90 Å². The number of hydrogen-bond acceptors (Lipinski definition) is 8. The Morgan fingerprint density at radius 1 is 0.518 bits per heavy atom. The van der Waals surface area contributed by atoms with Gasteiger partial charge >= 0.3 is 0 Å². The van der Waals surface area contributed by atoms with Gasteiger partial charge in [0.05, 0.1) is 37.7 Å². The van der Waals surface area contributed by atoms with Crippen LogP contribution in [0.2, 0.25) is 0 Å². The normalized spacial score (nSPS) is 13.9. The monoisotopic (exact) mass is 762 g/mol. The second kappa shape index (κ2) is 13.5. The molecule has 0 bridgehead atoms. The van der Waals surface area contributed by atoms with E-state index in [1.54, 1.807) is 72.8 Å². The highest BCUT2D eigenvalue weighted by Crippen LogP contribution is 2.39. The van der Waals surface area contributed by atoms with E-state index in [9.17, 15) is 27.6 Å². The molecule has 0 radical (unpaired) electrons. The SMILES string of the molecule is Cc1ccc(S(=O)(=O)c2ccc(N3C(=O)c4cccc(Oc5ccc(C(C)(C)c6ccc(Oc7cccc8c7C(=O)N(C)C8=O)cc6)cc5)c4C3=O)cc2)cc1. The standard InChI is InChI=1S/C45H34N2O8S/c1-27-11-23-33(24-12-27)56(52,53)34-25-17-30(18-26-34)47-42(49)36-8-6-10-38(40(36)44(47)51)55-32-21-15-29(16-22-32)45(2,3)28-13-19-31(20-14-28)54-37-9-5-7-35-39(37)43(50)46(4)41(35)48/h5-26H,1-4H3. The van der Waals surface area contributed by atoms with Crippen LogP contribution in [0.1, 0.15) is 72.0 Å². The number of carbonyl (C=O) groups excluding carboxylic acids is 4. The summed E-state index contributed by atoms with van der Waals surface area (Å²) in [5.74, 6) is -0.377. The van der Waals surface area contributed by atoms with Gasteiger partial charge in [0.2, 0.25) is 9.84 Å². The zero-order valence-corrected chi connectivity index (χ0v) is 31.6. The van der Waals surface area contributed by atoms with E-state index in [0.717, 1.165) is 26.5 Å². The van der Waals surface area contributed by atoms with Gasteiger partial charge in [-0.15, -0.1) is 0 Å². The second-order valence-corrected chi connectivity index (χ2v) is 16.1. The number of benzene rings is 6. The first kappa shape index (κ1) is 36.1. The van der Waals surface area contributed by atoms with Crippen LogP contribution in [0.5, 0.6) is 23.0 Å². The molecule has 0 atom stereocenters. The van der Waals surface area contributed by atoms with E-state index in [1.807, 2.05) is 43.3 Å². The third-order valence-electron chi connectivity index (χ3n) is 10.3. The Balaban J connectivity index is 0.974. The van der Waals surface area contributed by atoms with Gasteiger partial charge < -0.3 is 9.47 Å². The van der Waals surface area contributed by atoms with E-state index in [1.165, 1.54) is 31.3 Å². The molecule has 0 fully saturated rings. The van der Waals surface area contributed by atoms with Gasteiger partial charge in [-0.25, -0.2) is 13.3 Å². The van der Waals surface area contributed by atoms with Crippen LogP contribution in [0.25, 0.3) is 0 Å². The molecule has 278 valence electrons. The maximum absolute atomic E-state index is 13.8. The van der Waals surface area contributed by atoms with E-state index in [-0.39, 0.29) is 43.8 Å². The van der Waals surface area contributed by atoms with E-state index in [4.69, 9.17) is 9.47 Å². The van der Waals surface area contributed by atoms with Gasteiger partial charge in [-0.2, -0.15) is 0 Å². The smallest absolute Gasteiger partial charge is 0.269 e. The Bertz CT molecular complexity index is 2700. The fourth-order valence-corrected chi connectivity index (χ4v) is 8.22. The van der Waals surface area contributed by atoms with Crippen LogP contribution in [0.15, 0.2) is 143 Å². The van der Waals surface area contributed by atoms with Crippen LogP contribution >= 0.6 is 0 Å². The summed E-state index contributed by atoms with van der Waals surface area (Å²) in [6.07, 6.45) is 0. The van der Waals surface area contributed by atoms with Crippen molar-refractivity contribution in [1.29, 1.82) is 0 Å². The van der Waals surface area contributed by atoms with Gasteiger partial charge in [0.15, 0.2) is 0 Å². The van der Waals surface area contributed by atoms with Crippen molar-refractivity contribution in [3.05, 3.63) is 172 Å². The van der Waals surface area contributed by atoms with E-state index >= 15 is 0 Å². The molecule has 0 spiro atoms. The van der Waals surface area contributed by atoms with Gasteiger partial charge in [0.1, 0.15) is 23.0 Å². The maximum atomic E-state index is 13.8. The van der Waals surface area contributed by atoms with Gasteiger partial charge in [0.25, 0.3) is 23.6 Å². The molecule has 11 heteroatoms. The van der Waals surface area contributed by atoms with Crippen LogP contribution in [0.3, 0.4) is 0 Å². The Labute approximate surface area is 323 Å². The van der Waals surface area contributed by atoms with E-state index < -0.39 is 33.0 Å². The molecule has 6 aromatic rings. The highest BCUT2D eigenvalue weighted by Gasteiger charge is 2.40. The van der Waals surface area contributed by atoms with Crippen molar-refractivity contribution in [2.75, 3.05) is 11.9 Å². The number of amides is 4. The highest BCUT2D eigenvalue weighted by molar-refractivity contribution is 7.91. The summed E-state index contributed by atoms with van der Waals surface area (Å²) in [7, 11) is -2.35. The van der Waals surface area contributed by atoms with E-state index in [0.29, 0.717) is 22.8 Å². The summed E-state index contributed by atoms with van der Waals surface area (Å²) in [6.45, 7) is 6.03. The number of nitrogens with zero attached hydrogens (tertiary/aromatic N) is 2. The van der Waals surface area contributed by atoms with Crippen molar-refractivity contribution < 1.29 is 37.1 Å². The summed E-state index contributed by atoms with van der Waals surface area (Å²) < 4.78 is 38.6. The van der Waals surface area contributed by atoms with Gasteiger partial charge in [-0.05, 0) is 103 Å². The fourth-order valence-electron chi connectivity index (χ4n) is 6.96. The number of anilines is 1. The van der Waals surface area contributed by atoms with E-state index in [2.05, 4.69) is 13.8 Å². The molecule has 2 aliphatic heterocycles. The van der Waals surface area contributed by atoms with Crippen molar-refractivity contribution in [2.45, 2.75) is 36.0 Å². The highest BCUT2D eigenvalue weighted by atomic mass is 32.2. The molecule has 6 aromatic carbocycles. The summed E-state index contributed by atoms with van der Waals surface area (Å²) >= 11 is 0. The number of carbonyl (C=O) groups is 4. The average Bonchev–Trinajstić information content (AvgIpc) is 3.59. The topological polar surface area (TPSA) is 127 Å². The van der Waals surface area contributed by atoms with Crippen LogP contribution in [-0.2, 0) is 15.3 Å². The molecule has 0 aliphatic carbocycles. The lowest BCUT2D eigenvalue weighted by Crippen LogP contribution is -2.29. The zero-order chi connectivity index (χ0) is 39.5. The molecule has 10 nitrogen and oxygen atoms in total. The Hall–Kier alpha value is -6.85. The minimum Gasteiger partial charge on any atom is -0.457 e. The Kier molecular flexibility index (Phi) is 8.69. The molecular formula is C45H34N2O8S. The number of fused-ring (bicyclic) bond motifs is 2. The number of rotatable bonds is 9. The second-order valence-electron chi connectivity index (χ2n) is 14.2. The summed E-state index contributed by atoms with van der Waals surface area (Å²) in [5.41, 5.74) is 3.56.